The van der Waals surface area contributed by atoms with E-state index in [1.807, 2.05) is 11.6 Å². The van der Waals surface area contributed by atoms with Crippen LogP contribution >= 0.6 is 15.9 Å². The molecule has 5 heteroatoms. The highest BCUT2D eigenvalue weighted by Gasteiger charge is 2.24. The minimum atomic E-state index is 0.156. The van der Waals surface area contributed by atoms with Crippen molar-refractivity contribution in [3.63, 3.8) is 0 Å². The molecular formula is C13H22BrN3O. The van der Waals surface area contributed by atoms with Crippen molar-refractivity contribution in [1.29, 1.82) is 0 Å². The number of ether oxygens (including phenoxy) is 1. The summed E-state index contributed by atoms with van der Waals surface area (Å²) in [4.78, 5) is 0. The van der Waals surface area contributed by atoms with Crippen LogP contribution in [0.25, 0.3) is 0 Å². The van der Waals surface area contributed by atoms with Crippen LogP contribution in [0.2, 0.25) is 0 Å². The van der Waals surface area contributed by atoms with Gasteiger partial charge in [-0.3, -0.25) is 4.68 Å². The van der Waals surface area contributed by atoms with Gasteiger partial charge in [-0.15, -0.1) is 0 Å². The van der Waals surface area contributed by atoms with E-state index in [1.165, 1.54) is 12.1 Å². The zero-order valence-corrected chi connectivity index (χ0v) is 12.7. The molecule has 0 radical (unpaired) electrons. The first kappa shape index (κ1) is 14.0. The summed E-state index contributed by atoms with van der Waals surface area (Å²) in [5.41, 5.74) is 8.60. The second-order valence-corrected chi connectivity index (χ2v) is 5.80. The fraction of sp³-hybridized carbons (Fsp3) is 0.769. The molecule has 4 nitrogen and oxygen atoms in total. The predicted molar refractivity (Wildman–Crippen MR) is 75.6 cm³/mol. The normalized spacial score (nSPS) is 22.1. The van der Waals surface area contributed by atoms with Gasteiger partial charge in [0.1, 0.15) is 0 Å². The van der Waals surface area contributed by atoms with Gasteiger partial charge < -0.3 is 10.5 Å². The third kappa shape index (κ3) is 2.95. The largest absolute Gasteiger partial charge is 0.381 e. The maximum absolute atomic E-state index is 6.34. The van der Waals surface area contributed by atoms with E-state index in [-0.39, 0.29) is 6.04 Å². The standard InChI is InChI=1S/C13H22BrN3O/c1-3-17-12(13(14)9(2)16-17)7-11(15)10-5-4-6-18-8-10/h10-11H,3-8,15H2,1-2H3. The highest BCUT2D eigenvalue weighted by atomic mass is 79.9. The van der Waals surface area contributed by atoms with Crippen molar-refractivity contribution in [1.82, 2.24) is 9.78 Å². The second-order valence-electron chi connectivity index (χ2n) is 5.01. The van der Waals surface area contributed by atoms with Gasteiger partial charge in [-0.05, 0) is 48.5 Å². The number of halogens is 1. The summed E-state index contributed by atoms with van der Waals surface area (Å²) in [5, 5.41) is 4.51. The molecular weight excluding hydrogens is 294 g/mol. The first-order valence-corrected chi connectivity index (χ1v) is 7.47. The van der Waals surface area contributed by atoms with Gasteiger partial charge in [-0.25, -0.2) is 0 Å². The Morgan fingerprint density at radius 2 is 2.39 bits per heavy atom. The molecule has 2 N–H and O–H groups in total. The monoisotopic (exact) mass is 315 g/mol. The van der Waals surface area contributed by atoms with Gasteiger partial charge in [0.15, 0.2) is 0 Å². The zero-order chi connectivity index (χ0) is 13.1. The molecule has 0 amide bonds. The number of rotatable bonds is 4. The maximum atomic E-state index is 6.34. The smallest absolute Gasteiger partial charge is 0.0738 e. The summed E-state index contributed by atoms with van der Waals surface area (Å²) in [6.45, 7) is 6.71. The third-order valence-electron chi connectivity index (χ3n) is 3.68. The van der Waals surface area contributed by atoms with Crippen LogP contribution in [0.1, 0.15) is 31.2 Å². The minimum Gasteiger partial charge on any atom is -0.381 e. The Morgan fingerprint density at radius 3 is 3.00 bits per heavy atom. The molecule has 0 aromatic carbocycles. The van der Waals surface area contributed by atoms with Crippen LogP contribution in [0.15, 0.2) is 4.47 Å². The van der Waals surface area contributed by atoms with Gasteiger partial charge >= 0.3 is 0 Å². The van der Waals surface area contributed by atoms with Gasteiger partial charge in [-0.1, -0.05) is 0 Å². The molecule has 1 aliphatic heterocycles. The van der Waals surface area contributed by atoms with Crippen LogP contribution in [0.3, 0.4) is 0 Å². The van der Waals surface area contributed by atoms with Crippen LogP contribution in [-0.4, -0.2) is 29.0 Å². The van der Waals surface area contributed by atoms with Crippen molar-refractivity contribution in [3.05, 3.63) is 15.9 Å². The number of aryl methyl sites for hydroxylation is 2. The van der Waals surface area contributed by atoms with Gasteiger partial charge in [0.2, 0.25) is 0 Å². The molecule has 1 aliphatic rings. The molecule has 18 heavy (non-hydrogen) atoms. The van der Waals surface area contributed by atoms with Crippen LogP contribution in [-0.2, 0) is 17.7 Å². The average Bonchev–Trinajstić information content (AvgIpc) is 2.67. The lowest BCUT2D eigenvalue weighted by atomic mass is 9.91. The Morgan fingerprint density at radius 1 is 1.61 bits per heavy atom. The van der Waals surface area contributed by atoms with Crippen LogP contribution < -0.4 is 5.73 Å². The first-order chi connectivity index (χ1) is 8.63. The van der Waals surface area contributed by atoms with Gasteiger partial charge in [0, 0.05) is 25.6 Å². The molecule has 1 fully saturated rings. The molecule has 102 valence electrons. The SMILES string of the molecule is CCn1nc(C)c(Br)c1CC(N)C1CCCOC1. The van der Waals surface area contributed by atoms with Gasteiger partial charge in [0.05, 0.1) is 22.5 Å². The van der Waals surface area contributed by atoms with E-state index in [2.05, 4.69) is 28.0 Å². The van der Waals surface area contributed by atoms with Gasteiger partial charge in [-0.2, -0.15) is 5.10 Å². The average molecular weight is 316 g/mol. The molecule has 0 spiro atoms. The molecule has 2 heterocycles. The molecule has 1 aromatic heterocycles. The predicted octanol–water partition coefficient (Wildman–Crippen LogP) is 2.27. The highest BCUT2D eigenvalue weighted by Crippen LogP contribution is 2.25. The van der Waals surface area contributed by atoms with Gasteiger partial charge in [0.25, 0.3) is 0 Å². The fourth-order valence-electron chi connectivity index (χ4n) is 2.56. The van der Waals surface area contributed by atoms with Crippen LogP contribution in [0, 0.1) is 12.8 Å². The lowest BCUT2D eigenvalue weighted by Crippen LogP contribution is -2.38. The summed E-state index contributed by atoms with van der Waals surface area (Å²) in [6, 6.07) is 0.156. The highest BCUT2D eigenvalue weighted by molar-refractivity contribution is 9.10. The molecule has 1 aromatic rings. The maximum Gasteiger partial charge on any atom is 0.0738 e. The van der Waals surface area contributed by atoms with Crippen molar-refractivity contribution >= 4 is 15.9 Å². The summed E-state index contributed by atoms with van der Waals surface area (Å²) >= 11 is 3.62. The molecule has 2 rings (SSSR count). The molecule has 0 bridgehead atoms. The lowest BCUT2D eigenvalue weighted by molar-refractivity contribution is 0.0447. The van der Waals surface area contributed by atoms with Crippen molar-refractivity contribution in [3.8, 4) is 0 Å². The fourth-order valence-corrected chi connectivity index (χ4v) is 3.00. The first-order valence-electron chi connectivity index (χ1n) is 6.68. The minimum absolute atomic E-state index is 0.156. The Hall–Kier alpha value is -0.390. The van der Waals surface area contributed by atoms with Crippen molar-refractivity contribution in [2.45, 2.75) is 45.7 Å². The molecule has 2 unspecified atom stereocenters. The Bertz CT molecular complexity index is 399. The second kappa shape index (κ2) is 6.17. The Kier molecular flexibility index (Phi) is 4.81. The lowest BCUT2D eigenvalue weighted by Gasteiger charge is -2.27. The Labute approximate surface area is 117 Å². The van der Waals surface area contributed by atoms with E-state index < -0.39 is 0 Å². The van der Waals surface area contributed by atoms with Crippen LogP contribution in [0.5, 0.6) is 0 Å². The van der Waals surface area contributed by atoms with E-state index in [4.69, 9.17) is 10.5 Å². The van der Waals surface area contributed by atoms with E-state index in [9.17, 15) is 0 Å². The van der Waals surface area contributed by atoms with E-state index in [1.54, 1.807) is 0 Å². The number of aromatic nitrogens is 2. The summed E-state index contributed by atoms with van der Waals surface area (Å²) in [6.07, 6.45) is 3.17. The quantitative estimate of drug-likeness (QED) is 0.927. The number of hydrogen-bond donors (Lipinski definition) is 1. The van der Waals surface area contributed by atoms with Crippen molar-refractivity contribution < 1.29 is 4.74 Å². The Balaban J connectivity index is 2.08. The summed E-state index contributed by atoms with van der Waals surface area (Å²) < 4.78 is 8.67. The van der Waals surface area contributed by atoms with E-state index in [0.29, 0.717) is 5.92 Å². The molecule has 1 saturated heterocycles. The van der Waals surface area contributed by atoms with Crippen molar-refractivity contribution in [2.24, 2.45) is 11.7 Å². The molecule has 2 atom stereocenters. The number of nitrogens with zero attached hydrogens (tertiary/aromatic N) is 2. The van der Waals surface area contributed by atoms with E-state index >= 15 is 0 Å². The number of nitrogens with two attached hydrogens (primary N) is 1. The molecule has 0 saturated carbocycles. The summed E-state index contributed by atoms with van der Waals surface area (Å²) in [7, 11) is 0. The van der Waals surface area contributed by atoms with E-state index in [0.717, 1.165) is 42.8 Å². The topological polar surface area (TPSA) is 53.1 Å². The zero-order valence-electron chi connectivity index (χ0n) is 11.2. The third-order valence-corrected chi connectivity index (χ3v) is 4.71. The van der Waals surface area contributed by atoms with Crippen LogP contribution in [0.4, 0.5) is 0 Å². The van der Waals surface area contributed by atoms with Crippen molar-refractivity contribution in [2.75, 3.05) is 13.2 Å². The number of hydrogen-bond acceptors (Lipinski definition) is 3. The molecule has 0 aliphatic carbocycles. The summed E-state index contributed by atoms with van der Waals surface area (Å²) in [5.74, 6) is 0.478.